The summed E-state index contributed by atoms with van der Waals surface area (Å²) in [6, 6.07) is 7.53. The molecule has 0 bridgehead atoms. The van der Waals surface area contributed by atoms with Crippen molar-refractivity contribution in [1.82, 2.24) is 9.71 Å². The second-order valence-corrected chi connectivity index (χ2v) is 12.3. The third kappa shape index (κ3) is 4.52. The lowest BCUT2D eigenvalue weighted by Crippen LogP contribution is -2.28. The number of thiophene rings is 1. The van der Waals surface area contributed by atoms with Crippen LogP contribution in [0.4, 0.5) is 5.69 Å². The Bertz CT molecular complexity index is 1370. The van der Waals surface area contributed by atoms with E-state index in [-0.39, 0.29) is 16.1 Å². The number of hydrogen-bond donors (Lipinski definition) is 2. The van der Waals surface area contributed by atoms with Crippen LogP contribution in [0.2, 0.25) is 0 Å². The molecule has 0 spiro atoms. The topological polar surface area (TPSA) is 119 Å². The molecule has 1 atom stereocenters. The SMILES string of the molecule is CC(=O)NS(=O)(=O)c1ccc(C(=O)c2sc3nc4c(cc3c2N)CC(C(C)(C)C)CC4)cc1. The van der Waals surface area contributed by atoms with Gasteiger partial charge in [0.2, 0.25) is 11.7 Å². The van der Waals surface area contributed by atoms with Crippen molar-refractivity contribution < 1.29 is 18.0 Å². The number of amides is 1. The summed E-state index contributed by atoms with van der Waals surface area (Å²) in [7, 11) is -3.96. The lowest BCUT2D eigenvalue weighted by molar-refractivity contribution is -0.117. The van der Waals surface area contributed by atoms with E-state index in [0.29, 0.717) is 22.0 Å². The van der Waals surface area contributed by atoms with E-state index in [4.69, 9.17) is 10.7 Å². The van der Waals surface area contributed by atoms with Crippen LogP contribution in [0.25, 0.3) is 10.2 Å². The molecular formula is C24H27N3O4S2. The van der Waals surface area contributed by atoms with Crippen LogP contribution in [0, 0.1) is 11.3 Å². The molecule has 1 aromatic carbocycles. The van der Waals surface area contributed by atoms with Gasteiger partial charge in [0.05, 0.1) is 10.6 Å². The minimum absolute atomic E-state index is 0.0960. The Labute approximate surface area is 197 Å². The minimum atomic E-state index is -3.96. The second kappa shape index (κ2) is 8.22. The van der Waals surface area contributed by atoms with E-state index in [1.807, 2.05) is 4.72 Å². The summed E-state index contributed by atoms with van der Waals surface area (Å²) in [5.41, 5.74) is 9.60. The number of benzene rings is 1. The van der Waals surface area contributed by atoms with Crippen LogP contribution in [0.3, 0.4) is 0 Å². The maximum atomic E-state index is 13.2. The van der Waals surface area contributed by atoms with Crippen LogP contribution in [0.5, 0.6) is 0 Å². The predicted octanol–water partition coefficient (Wildman–Crippen LogP) is 4.09. The van der Waals surface area contributed by atoms with Gasteiger partial charge in [-0.05, 0) is 66.5 Å². The lowest BCUT2D eigenvalue weighted by Gasteiger charge is -2.34. The highest BCUT2D eigenvalue weighted by atomic mass is 32.2. The number of nitrogen functional groups attached to an aromatic ring is 1. The summed E-state index contributed by atoms with van der Waals surface area (Å²) in [5, 5.41) is 0.793. The van der Waals surface area contributed by atoms with Gasteiger partial charge in [0.1, 0.15) is 9.71 Å². The molecule has 0 radical (unpaired) electrons. The molecule has 33 heavy (non-hydrogen) atoms. The van der Waals surface area contributed by atoms with Crippen LogP contribution in [-0.2, 0) is 27.7 Å². The molecule has 3 N–H and O–H groups in total. The standard InChI is InChI=1S/C24H27N3O4S2/c1-13(28)27-33(30,31)17-8-5-14(6-9-17)21(29)22-20(25)18-12-15-11-16(24(2,3)4)7-10-19(15)26-23(18)32-22/h5-6,8-9,12,16H,7,10-11,25H2,1-4H3,(H,27,28). The van der Waals surface area contributed by atoms with Gasteiger partial charge < -0.3 is 5.73 Å². The molecule has 9 heteroatoms. The first kappa shape index (κ1) is 23.4. The summed E-state index contributed by atoms with van der Waals surface area (Å²) >= 11 is 1.26. The van der Waals surface area contributed by atoms with Gasteiger partial charge in [-0.1, -0.05) is 20.8 Å². The molecule has 7 nitrogen and oxygen atoms in total. The van der Waals surface area contributed by atoms with Crippen molar-refractivity contribution in [2.24, 2.45) is 11.3 Å². The Hall–Kier alpha value is -2.78. The number of nitrogens with one attached hydrogen (secondary N) is 1. The zero-order valence-electron chi connectivity index (χ0n) is 19.1. The lowest BCUT2D eigenvalue weighted by atomic mass is 9.71. The van der Waals surface area contributed by atoms with Crippen molar-refractivity contribution in [3.8, 4) is 0 Å². The van der Waals surface area contributed by atoms with E-state index < -0.39 is 15.9 Å². The van der Waals surface area contributed by atoms with E-state index in [2.05, 4.69) is 26.8 Å². The highest BCUT2D eigenvalue weighted by Crippen LogP contribution is 2.40. The Kier molecular flexibility index (Phi) is 5.82. The number of rotatable bonds is 4. The summed E-state index contributed by atoms with van der Waals surface area (Å²) in [4.78, 5) is 30.2. The molecule has 1 aliphatic carbocycles. The fourth-order valence-corrected chi connectivity index (χ4v) is 6.31. The fourth-order valence-electron chi connectivity index (χ4n) is 4.26. The summed E-state index contributed by atoms with van der Waals surface area (Å²) < 4.78 is 26.2. The second-order valence-electron chi connectivity index (χ2n) is 9.61. The van der Waals surface area contributed by atoms with E-state index in [1.54, 1.807) is 0 Å². The molecule has 3 aromatic rings. The zero-order chi connectivity index (χ0) is 24.1. The largest absolute Gasteiger partial charge is 0.397 e. The zero-order valence-corrected chi connectivity index (χ0v) is 20.7. The number of anilines is 1. The number of pyridine rings is 1. The van der Waals surface area contributed by atoms with Crippen LogP contribution >= 0.6 is 11.3 Å². The van der Waals surface area contributed by atoms with Gasteiger partial charge in [0, 0.05) is 23.6 Å². The van der Waals surface area contributed by atoms with Crippen molar-refractivity contribution in [2.75, 3.05) is 5.73 Å². The molecule has 0 aliphatic heterocycles. The van der Waals surface area contributed by atoms with E-state index in [0.717, 1.165) is 42.1 Å². The molecule has 4 rings (SSSR count). The normalized spacial score (nSPS) is 16.4. The van der Waals surface area contributed by atoms with E-state index >= 15 is 0 Å². The number of hydrogen-bond acceptors (Lipinski definition) is 7. The quantitative estimate of drug-likeness (QED) is 0.537. The maximum absolute atomic E-state index is 13.2. The van der Waals surface area contributed by atoms with Gasteiger partial charge in [-0.2, -0.15) is 0 Å². The summed E-state index contributed by atoms with van der Waals surface area (Å²) in [6.07, 6.45) is 2.96. The van der Waals surface area contributed by atoms with Gasteiger partial charge >= 0.3 is 0 Å². The molecule has 1 aliphatic rings. The number of aryl methyl sites for hydroxylation is 1. The maximum Gasteiger partial charge on any atom is 0.264 e. The van der Waals surface area contributed by atoms with Crippen LogP contribution in [0.1, 0.15) is 60.6 Å². The van der Waals surface area contributed by atoms with Gasteiger partial charge in [0.15, 0.2) is 0 Å². The molecule has 174 valence electrons. The van der Waals surface area contributed by atoms with Crippen LogP contribution in [-0.4, -0.2) is 25.1 Å². The monoisotopic (exact) mass is 485 g/mol. The molecule has 0 saturated heterocycles. The molecule has 1 unspecified atom stereocenters. The Morgan fingerprint density at radius 3 is 2.45 bits per heavy atom. The number of nitrogens with two attached hydrogens (primary N) is 1. The molecule has 1 amide bonds. The van der Waals surface area contributed by atoms with Crippen molar-refractivity contribution in [3.63, 3.8) is 0 Å². The third-order valence-corrected chi connectivity index (χ3v) is 8.78. The molecular weight excluding hydrogens is 458 g/mol. The Morgan fingerprint density at radius 1 is 1.18 bits per heavy atom. The number of ketones is 1. The van der Waals surface area contributed by atoms with Gasteiger partial charge in [0.25, 0.3) is 10.0 Å². The number of sulfonamides is 1. The van der Waals surface area contributed by atoms with Crippen molar-refractivity contribution >= 4 is 49.0 Å². The van der Waals surface area contributed by atoms with Gasteiger partial charge in [-0.25, -0.2) is 18.1 Å². The summed E-state index contributed by atoms with van der Waals surface area (Å²) in [6.45, 7) is 7.90. The Morgan fingerprint density at radius 2 is 1.85 bits per heavy atom. The highest BCUT2D eigenvalue weighted by Gasteiger charge is 2.30. The predicted molar refractivity (Wildman–Crippen MR) is 130 cm³/mol. The third-order valence-electron chi connectivity index (χ3n) is 6.22. The first-order chi connectivity index (χ1) is 15.4. The summed E-state index contributed by atoms with van der Waals surface area (Å²) in [5.74, 6) is -0.403. The minimum Gasteiger partial charge on any atom is -0.397 e. The van der Waals surface area contributed by atoms with Gasteiger partial charge in [-0.3, -0.25) is 9.59 Å². The van der Waals surface area contributed by atoms with Crippen LogP contribution < -0.4 is 10.5 Å². The number of fused-ring (bicyclic) bond motifs is 2. The average molecular weight is 486 g/mol. The van der Waals surface area contributed by atoms with E-state index in [9.17, 15) is 18.0 Å². The Balaban J connectivity index is 1.66. The number of nitrogens with zero attached hydrogens (tertiary/aromatic N) is 1. The van der Waals surface area contributed by atoms with E-state index in [1.165, 1.54) is 41.2 Å². The highest BCUT2D eigenvalue weighted by molar-refractivity contribution is 7.90. The van der Waals surface area contributed by atoms with Crippen molar-refractivity contribution in [1.29, 1.82) is 0 Å². The van der Waals surface area contributed by atoms with Crippen molar-refractivity contribution in [3.05, 3.63) is 52.0 Å². The fraction of sp³-hybridized carbons (Fsp3) is 0.375. The molecule has 0 saturated carbocycles. The number of aromatic nitrogens is 1. The number of carbonyl (C=O) groups excluding carboxylic acids is 2. The van der Waals surface area contributed by atoms with Crippen molar-refractivity contribution in [2.45, 2.75) is 51.9 Å². The van der Waals surface area contributed by atoms with Crippen LogP contribution in [0.15, 0.2) is 35.2 Å². The molecule has 0 fully saturated rings. The smallest absolute Gasteiger partial charge is 0.264 e. The van der Waals surface area contributed by atoms with Gasteiger partial charge in [-0.15, -0.1) is 11.3 Å². The number of carbonyl (C=O) groups is 2. The molecule has 2 aromatic heterocycles. The first-order valence-electron chi connectivity index (χ1n) is 10.8. The molecule has 2 heterocycles. The average Bonchev–Trinajstić information content (AvgIpc) is 3.05. The first-order valence-corrected chi connectivity index (χ1v) is 13.1.